The summed E-state index contributed by atoms with van der Waals surface area (Å²) in [5.74, 6) is 1.17. The number of hydrogen-bond acceptors (Lipinski definition) is 2. The van der Waals surface area contributed by atoms with Crippen molar-refractivity contribution in [1.29, 1.82) is 0 Å². The van der Waals surface area contributed by atoms with Crippen LogP contribution in [0.2, 0.25) is 0 Å². The van der Waals surface area contributed by atoms with Crippen molar-refractivity contribution in [2.75, 3.05) is 6.61 Å². The lowest BCUT2D eigenvalue weighted by atomic mass is 9.98. The van der Waals surface area contributed by atoms with Gasteiger partial charge in [0.1, 0.15) is 5.75 Å². The normalized spacial score (nSPS) is 12.8. The first kappa shape index (κ1) is 16.5. The molecular weight excluding hydrogens is 250 g/mol. The molecule has 1 aromatic rings. The van der Waals surface area contributed by atoms with Crippen LogP contribution in [0, 0.1) is 0 Å². The van der Waals surface area contributed by atoms with Gasteiger partial charge in [-0.1, -0.05) is 39.0 Å². The van der Waals surface area contributed by atoms with Crippen molar-refractivity contribution in [3.05, 3.63) is 29.8 Å². The largest absolute Gasteiger partial charge is 0.483 e. The number of benzene rings is 1. The number of para-hydroxylation sites is 1. The van der Waals surface area contributed by atoms with E-state index in [2.05, 4.69) is 32.2 Å². The molecule has 1 atom stereocenters. The Bertz CT molecular complexity index is 440. The van der Waals surface area contributed by atoms with Crippen molar-refractivity contribution in [3.63, 3.8) is 0 Å². The smallest absolute Gasteiger partial charge is 0.258 e. The van der Waals surface area contributed by atoms with E-state index >= 15 is 0 Å². The van der Waals surface area contributed by atoms with Gasteiger partial charge in [0.15, 0.2) is 6.61 Å². The van der Waals surface area contributed by atoms with Gasteiger partial charge in [0, 0.05) is 5.54 Å². The number of carbonyl (C=O) groups excluding carboxylic acids is 1. The monoisotopic (exact) mass is 277 g/mol. The molecule has 0 bridgehead atoms. The molecule has 1 N–H and O–H groups in total. The van der Waals surface area contributed by atoms with Crippen LogP contribution < -0.4 is 10.1 Å². The van der Waals surface area contributed by atoms with Gasteiger partial charge < -0.3 is 10.1 Å². The van der Waals surface area contributed by atoms with Crippen LogP contribution in [0.15, 0.2) is 24.3 Å². The predicted molar refractivity (Wildman–Crippen MR) is 83.2 cm³/mol. The standard InChI is InChI=1S/C17H27NO2/c1-6-13(3)14-10-8-9-11-15(14)20-12-16(19)18-17(4,5)7-2/h8-11,13H,6-7,12H2,1-5H3,(H,18,19). The zero-order valence-corrected chi connectivity index (χ0v) is 13.3. The first-order chi connectivity index (χ1) is 9.39. The maximum absolute atomic E-state index is 11.9. The summed E-state index contributed by atoms with van der Waals surface area (Å²) < 4.78 is 5.70. The summed E-state index contributed by atoms with van der Waals surface area (Å²) in [5, 5.41) is 2.97. The molecule has 0 aromatic heterocycles. The zero-order chi connectivity index (χ0) is 15.2. The van der Waals surface area contributed by atoms with Crippen molar-refractivity contribution in [3.8, 4) is 5.75 Å². The zero-order valence-electron chi connectivity index (χ0n) is 13.3. The van der Waals surface area contributed by atoms with Crippen molar-refractivity contribution in [2.45, 2.75) is 58.9 Å². The summed E-state index contributed by atoms with van der Waals surface area (Å²) in [6.45, 7) is 10.5. The van der Waals surface area contributed by atoms with Gasteiger partial charge in [-0.25, -0.2) is 0 Å². The number of amides is 1. The molecule has 1 amide bonds. The number of ether oxygens (including phenoxy) is 1. The molecule has 3 nitrogen and oxygen atoms in total. The van der Waals surface area contributed by atoms with Gasteiger partial charge in [0.2, 0.25) is 0 Å². The molecule has 0 spiro atoms. The SMILES string of the molecule is CCC(C)c1ccccc1OCC(=O)NC(C)(C)CC. The highest BCUT2D eigenvalue weighted by molar-refractivity contribution is 5.78. The van der Waals surface area contributed by atoms with E-state index in [1.54, 1.807) is 0 Å². The van der Waals surface area contributed by atoms with E-state index in [1.807, 2.05) is 32.0 Å². The maximum atomic E-state index is 11.9. The molecule has 0 fully saturated rings. The third-order valence-electron chi connectivity index (χ3n) is 3.78. The van der Waals surface area contributed by atoms with E-state index in [-0.39, 0.29) is 18.1 Å². The Hall–Kier alpha value is -1.51. The Labute approximate surface area is 122 Å². The molecule has 1 rings (SSSR count). The van der Waals surface area contributed by atoms with Gasteiger partial charge in [0.05, 0.1) is 0 Å². The second-order valence-electron chi connectivity index (χ2n) is 5.92. The molecule has 0 heterocycles. The van der Waals surface area contributed by atoms with Gasteiger partial charge in [-0.3, -0.25) is 4.79 Å². The molecule has 3 heteroatoms. The topological polar surface area (TPSA) is 38.3 Å². The first-order valence-electron chi connectivity index (χ1n) is 7.42. The van der Waals surface area contributed by atoms with Crippen LogP contribution in [0.5, 0.6) is 5.75 Å². The minimum atomic E-state index is -0.184. The minimum Gasteiger partial charge on any atom is -0.483 e. The Kier molecular flexibility index (Phi) is 6.05. The van der Waals surface area contributed by atoms with Crippen LogP contribution in [0.25, 0.3) is 0 Å². The summed E-state index contributed by atoms with van der Waals surface area (Å²) in [6.07, 6.45) is 1.94. The van der Waals surface area contributed by atoms with Crippen molar-refractivity contribution in [2.24, 2.45) is 0 Å². The number of nitrogens with one attached hydrogen (secondary N) is 1. The Morgan fingerprint density at radius 3 is 2.55 bits per heavy atom. The summed E-state index contributed by atoms with van der Waals surface area (Å²) in [6, 6.07) is 7.95. The van der Waals surface area contributed by atoms with E-state index in [0.717, 1.165) is 24.2 Å². The molecule has 0 saturated carbocycles. The summed E-state index contributed by atoms with van der Waals surface area (Å²) >= 11 is 0. The Balaban J connectivity index is 2.64. The van der Waals surface area contributed by atoms with Crippen molar-refractivity contribution in [1.82, 2.24) is 5.32 Å². The first-order valence-corrected chi connectivity index (χ1v) is 7.42. The second-order valence-corrected chi connectivity index (χ2v) is 5.92. The van der Waals surface area contributed by atoms with Gasteiger partial charge >= 0.3 is 0 Å². The van der Waals surface area contributed by atoms with Crippen LogP contribution in [-0.2, 0) is 4.79 Å². The number of carbonyl (C=O) groups is 1. The highest BCUT2D eigenvalue weighted by Gasteiger charge is 2.18. The fraction of sp³-hybridized carbons (Fsp3) is 0.588. The van der Waals surface area contributed by atoms with Crippen LogP contribution in [0.1, 0.15) is 58.9 Å². The lowest BCUT2D eigenvalue weighted by Crippen LogP contribution is -2.44. The maximum Gasteiger partial charge on any atom is 0.258 e. The van der Waals surface area contributed by atoms with E-state index in [4.69, 9.17) is 4.74 Å². The minimum absolute atomic E-state index is 0.0663. The van der Waals surface area contributed by atoms with E-state index in [9.17, 15) is 4.79 Å². The van der Waals surface area contributed by atoms with Crippen LogP contribution >= 0.6 is 0 Å². The number of rotatable bonds is 7. The molecule has 0 aliphatic rings. The molecule has 112 valence electrons. The van der Waals surface area contributed by atoms with E-state index in [1.165, 1.54) is 0 Å². The molecule has 0 radical (unpaired) electrons. The third-order valence-corrected chi connectivity index (χ3v) is 3.78. The lowest BCUT2D eigenvalue weighted by Gasteiger charge is -2.24. The predicted octanol–water partition coefficient (Wildman–Crippen LogP) is 3.88. The number of hydrogen-bond donors (Lipinski definition) is 1. The summed E-state index contributed by atoms with van der Waals surface area (Å²) in [7, 11) is 0. The van der Waals surface area contributed by atoms with E-state index < -0.39 is 0 Å². The average Bonchev–Trinajstić information content (AvgIpc) is 2.44. The molecule has 20 heavy (non-hydrogen) atoms. The van der Waals surface area contributed by atoms with Crippen LogP contribution in [0.3, 0.4) is 0 Å². The molecule has 0 aliphatic heterocycles. The van der Waals surface area contributed by atoms with Crippen molar-refractivity contribution >= 4 is 5.91 Å². The highest BCUT2D eigenvalue weighted by atomic mass is 16.5. The van der Waals surface area contributed by atoms with Gasteiger partial charge in [-0.15, -0.1) is 0 Å². The highest BCUT2D eigenvalue weighted by Crippen LogP contribution is 2.28. The lowest BCUT2D eigenvalue weighted by molar-refractivity contribution is -0.124. The molecular formula is C17H27NO2. The molecule has 0 saturated heterocycles. The fourth-order valence-corrected chi connectivity index (χ4v) is 1.88. The average molecular weight is 277 g/mol. The van der Waals surface area contributed by atoms with Crippen LogP contribution in [-0.4, -0.2) is 18.1 Å². The summed E-state index contributed by atoms with van der Waals surface area (Å²) in [5.41, 5.74) is 0.981. The van der Waals surface area contributed by atoms with Gasteiger partial charge in [-0.2, -0.15) is 0 Å². The van der Waals surface area contributed by atoms with Gasteiger partial charge in [0.25, 0.3) is 5.91 Å². The molecule has 1 unspecified atom stereocenters. The van der Waals surface area contributed by atoms with E-state index in [0.29, 0.717) is 5.92 Å². The Morgan fingerprint density at radius 1 is 1.30 bits per heavy atom. The molecule has 1 aromatic carbocycles. The summed E-state index contributed by atoms with van der Waals surface area (Å²) in [4.78, 5) is 11.9. The Morgan fingerprint density at radius 2 is 1.95 bits per heavy atom. The van der Waals surface area contributed by atoms with Gasteiger partial charge in [-0.05, 0) is 44.2 Å². The van der Waals surface area contributed by atoms with Crippen LogP contribution in [0.4, 0.5) is 0 Å². The van der Waals surface area contributed by atoms with Crippen molar-refractivity contribution < 1.29 is 9.53 Å². The quantitative estimate of drug-likeness (QED) is 0.821. The molecule has 0 aliphatic carbocycles. The third kappa shape index (κ3) is 4.87. The second kappa shape index (κ2) is 7.32. The fourth-order valence-electron chi connectivity index (χ4n) is 1.88.